The van der Waals surface area contributed by atoms with Crippen molar-refractivity contribution >= 4 is 82.1 Å². The van der Waals surface area contributed by atoms with Crippen LogP contribution in [0.3, 0.4) is 0 Å². The normalized spacial score (nSPS) is 27.3. The number of phenols is 3. The molecule has 1 saturated carbocycles. The lowest BCUT2D eigenvalue weighted by Gasteiger charge is -2.48. The molecule has 7 aliphatic heterocycles. The minimum absolute atomic E-state index is 0.00949. The largest absolute Gasteiger partial charge is 0.573 e. The summed E-state index contributed by atoms with van der Waals surface area (Å²) in [4.78, 5) is 134. The highest BCUT2D eigenvalue weighted by Gasteiger charge is 2.65. The minimum Gasteiger partial charge on any atom is -0.508 e. The van der Waals surface area contributed by atoms with Crippen LogP contribution in [0.4, 0.5) is 18.9 Å². The maximum Gasteiger partial charge on any atom is 0.573 e. The van der Waals surface area contributed by atoms with Crippen molar-refractivity contribution in [3.63, 3.8) is 0 Å². The first kappa shape index (κ1) is 92.9. The molecule has 0 aromatic heterocycles. The molecule has 22 N–H and O–H groups in total. The van der Waals surface area contributed by atoms with Crippen LogP contribution in [0.1, 0.15) is 123 Å². The van der Waals surface area contributed by atoms with Gasteiger partial charge in [-0.15, -0.1) is 13.2 Å². The van der Waals surface area contributed by atoms with Gasteiger partial charge in [0.25, 0.3) is 5.91 Å². The number of anilines is 1. The molecule has 0 radical (unpaired) electrons. The van der Waals surface area contributed by atoms with E-state index in [4.69, 9.17) is 57.4 Å². The van der Waals surface area contributed by atoms with E-state index in [1.165, 1.54) is 44.3 Å². The predicted molar refractivity (Wildman–Crippen MR) is 440 cm³/mol. The number of nitrogens with one attached hydrogen (secondary N) is 11. The van der Waals surface area contributed by atoms with E-state index < -0.39 is 266 Å². The summed E-state index contributed by atoms with van der Waals surface area (Å²) in [5.41, 5.74) is 5.79. The number of benzene rings is 7. The van der Waals surface area contributed by atoms with Crippen LogP contribution in [0.2, 0.25) is 10.0 Å². The first-order valence-corrected chi connectivity index (χ1v) is 40.9. The number of aromatic hydroxyl groups is 3. The number of hydrogen-bond acceptors (Lipinski definition) is 28. The molecule has 11 bridgehead atoms. The molecule has 2 saturated heterocycles. The summed E-state index contributed by atoms with van der Waals surface area (Å²) < 4.78 is 82.1. The Labute approximate surface area is 731 Å². The fourth-order valence-corrected chi connectivity index (χ4v) is 16.3. The van der Waals surface area contributed by atoms with Crippen molar-refractivity contribution in [2.75, 3.05) is 25.5 Å². The van der Waals surface area contributed by atoms with Crippen molar-refractivity contribution < 1.29 is 135 Å². The number of nitrogens with two attached hydrogens (primary N) is 1. The molecule has 7 heterocycles. The highest BCUT2D eigenvalue weighted by atomic mass is 35.5. The Kier molecular flexibility index (Phi) is 27.8. The molecule has 3 fully saturated rings. The number of phenolic OH excluding ortho intramolecular Hbond substituents is 3. The van der Waals surface area contributed by atoms with E-state index in [-0.39, 0.29) is 60.7 Å². The molecule has 15 rings (SSSR count). The van der Waals surface area contributed by atoms with E-state index in [2.05, 4.69) is 63.4 Å². The van der Waals surface area contributed by atoms with Crippen molar-refractivity contribution in [2.45, 2.75) is 182 Å². The van der Waals surface area contributed by atoms with Gasteiger partial charge in [0.2, 0.25) is 59.3 Å². The standard InChI is InChI=1S/C85H93Cl2F3N12O25/c1-7-94-102-80(119)64-47-29-44(104)30-53(106)61(47)46-24-39(13-18-52(46)105)62-76(115)99-65(78(117)97-64)67(108)40-14-19-54(49(86)25-40)122-56-27-42-28-57(123-55-20-15-41(26-50(55)87)68(109)66(98-75(114)51(92-6)21-35(2)3)79(118)101-84(31-48(84)74(91)113)82(120)100-63(42)77(116)96-62)71(56)126-81-72(70(111)69(110)58(34-103)124-81)125-60-32-83(5,73(112)36(4)121-60)93-33-38-9-8-10-43(22-38)95-59(107)23-37-11-16-45(17-12-37)127-85(88,89)90/h8-20,22,24-30,35-36,48,51,58,60,62-70,72-73,81,92-94,103-106,108-112H,7,21,23,31-34H2,1-6H3,(H2,91,113)(H,95,107)(H,96,116)(H,97,117)(H,98,114)(H,99,115)(H,100,120)(H,101,118)(H,102,119)/t36-,48-,51+,58+,60-,62+,63+,64+,65-,66+,67+,68+,69+,70-,72+,73+,81-,83-,84?/m0/s1. The van der Waals surface area contributed by atoms with Crippen LogP contribution >= 0.6 is 23.2 Å². The summed E-state index contributed by atoms with van der Waals surface area (Å²) in [7, 11) is 1.47. The summed E-state index contributed by atoms with van der Waals surface area (Å²) in [5.74, 6) is -17.7. The van der Waals surface area contributed by atoms with Gasteiger partial charge in [-0.05, 0) is 157 Å². The van der Waals surface area contributed by atoms with Crippen LogP contribution < -0.4 is 83.4 Å². The molecule has 1 unspecified atom stereocenters. The average Bonchev–Trinajstić information content (AvgIpc) is 1.56. The fraction of sp³-hybridized carbons (Fsp3) is 0.400. The lowest BCUT2D eigenvalue weighted by atomic mass is 9.84. The van der Waals surface area contributed by atoms with E-state index in [1.54, 1.807) is 38.1 Å². The molecule has 127 heavy (non-hydrogen) atoms. The number of aliphatic hydroxyl groups is 6. The zero-order chi connectivity index (χ0) is 91.7. The number of hydrogen-bond donors (Lipinski definition) is 21. The maximum atomic E-state index is 16.4. The molecule has 9 amide bonds. The number of amides is 9. The molecule has 7 aromatic carbocycles. The summed E-state index contributed by atoms with van der Waals surface area (Å²) in [6.07, 6.45) is -24.2. The molecule has 8 aliphatic rings. The Morgan fingerprint density at radius 2 is 1.36 bits per heavy atom. The number of ether oxygens (including phenoxy) is 7. The Morgan fingerprint density at radius 3 is 1.98 bits per heavy atom. The Morgan fingerprint density at radius 1 is 0.709 bits per heavy atom. The van der Waals surface area contributed by atoms with Gasteiger partial charge in [-0.25, -0.2) is 5.43 Å². The number of carbonyl (C=O) groups excluding carboxylic acids is 9. The van der Waals surface area contributed by atoms with Gasteiger partial charge in [0.05, 0.1) is 47.2 Å². The topological polar surface area (TPSA) is 559 Å². The lowest BCUT2D eigenvalue weighted by molar-refractivity contribution is -0.334. The summed E-state index contributed by atoms with van der Waals surface area (Å²) in [6, 6.07) is 13.3. The van der Waals surface area contributed by atoms with Crippen molar-refractivity contribution in [1.29, 1.82) is 0 Å². The average molecular weight is 1810 g/mol. The monoisotopic (exact) mass is 1810 g/mol. The van der Waals surface area contributed by atoms with Gasteiger partial charge in [0.15, 0.2) is 23.9 Å². The van der Waals surface area contributed by atoms with Crippen molar-refractivity contribution in [2.24, 2.45) is 17.6 Å². The van der Waals surface area contributed by atoms with Gasteiger partial charge >= 0.3 is 6.36 Å². The van der Waals surface area contributed by atoms with E-state index in [0.29, 0.717) is 16.8 Å². The number of aliphatic hydroxyl groups excluding tert-OH is 6. The maximum absolute atomic E-state index is 16.4. The number of fused-ring (bicyclic) bond motifs is 13. The van der Waals surface area contributed by atoms with E-state index in [1.807, 2.05) is 13.8 Å². The number of hydrazine groups is 1. The quantitative estimate of drug-likeness (QED) is 0.0457. The second-order valence-corrected chi connectivity index (χ2v) is 32.9. The predicted octanol–water partition coefficient (Wildman–Crippen LogP) is 3.57. The Hall–Kier alpha value is -11.7. The molecule has 42 heteroatoms. The third-order valence-corrected chi connectivity index (χ3v) is 23.2. The Bertz CT molecular complexity index is 5400. The van der Waals surface area contributed by atoms with Gasteiger partial charge in [-0.2, -0.15) is 0 Å². The van der Waals surface area contributed by atoms with Gasteiger partial charge in [-0.1, -0.05) is 86.4 Å². The van der Waals surface area contributed by atoms with Crippen molar-refractivity contribution in [1.82, 2.24) is 53.4 Å². The van der Waals surface area contributed by atoms with Crippen LogP contribution in [0, 0.1) is 11.8 Å². The summed E-state index contributed by atoms with van der Waals surface area (Å²) >= 11 is 14.4. The van der Waals surface area contributed by atoms with Gasteiger partial charge in [-0.3, -0.25) is 48.6 Å². The van der Waals surface area contributed by atoms with Crippen LogP contribution in [0.15, 0.2) is 127 Å². The number of rotatable bonds is 21. The number of primary amides is 1. The highest BCUT2D eigenvalue weighted by Crippen LogP contribution is 2.52. The molecule has 1 aliphatic carbocycles. The molecule has 1 spiro atoms. The van der Waals surface area contributed by atoms with Crippen molar-refractivity contribution in [3.05, 3.63) is 176 Å². The van der Waals surface area contributed by atoms with Crippen molar-refractivity contribution in [3.8, 4) is 62.9 Å². The summed E-state index contributed by atoms with van der Waals surface area (Å²) in [6.45, 7) is 7.42. The third-order valence-electron chi connectivity index (χ3n) is 22.6. The number of likely N-dealkylation sites (N-methyl/N-ethyl adjacent to an activating group) is 1. The third kappa shape index (κ3) is 20.5. The molecular weight excluding hydrogens is 1720 g/mol. The molecular formula is C85H93Cl2F3N12O25. The molecule has 678 valence electrons. The highest BCUT2D eigenvalue weighted by molar-refractivity contribution is 6.32. The number of carbonyl (C=O) groups is 9. The fourth-order valence-electron chi connectivity index (χ4n) is 15.9. The lowest BCUT2D eigenvalue weighted by Crippen LogP contribution is -2.65. The van der Waals surface area contributed by atoms with Gasteiger partial charge < -0.3 is 133 Å². The second kappa shape index (κ2) is 38.1. The molecule has 37 nitrogen and oxygen atoms in total. The van der Waals surface area contributed by atoms with Gasteiger partial charge in [0, 0.05) is 47.9 Å². The number of alkyl halides is 3. The second-order valence-electron chi connectivity index (χ2n) is 32.1. The van der Waals surface area contributed by atoms with Crippen LogP contribution in [-0.2, 0) is 70.3 Å². The first-order valence-electron chi connectivity index (χ1n) is 40.2. The zero-order valence-corrected chi connectivity index (χ0v) is 70.0. The Balaban J connectivity index is 0.949. The van der Waals surface area contributed by atoms with Crippen LogP contribution in [0.25, 0.3) is 11.1 Å². The molecule has 19 atom stereocenters. The zero-order valence-electron chi connectivity index (χ0n) is 68.5. The van der Waals surface area contributed by atoms with E-state index in [0.717, 1.165) is 72.8 Å². The summed E-state index contributed by atoms with van der Waals surface area (Å²) in [5, 5.41) is 130. The molecule has 7 aromatic rings. The van der Waals surface area contributed by atoms with Gasteiger partial charge in [0.1, 0.15) is 101 Å². The van der Waals surface area contributed by atoms with E-state index >= 15 is 24.0 Å². The smallest absolute Gasteiger partial charge is 0.508 e. The number of halogens is 5. The van der Waals surface area contributed by atoms with Crippen LogP contribution in [-0.4, -0.2) is 204 Å². The first-order chi connectivity index (χ1) is 60.2. The van der Waals surface area contributed by atoms with E-state index in [9.17, 15) is 78.3 Å². The minimum atomic E-state index is -4.93. The SMILES string of the molecule is CCNNC(=O)[C@@H]1NC(=O)[C@H]2NC(=O)[C@H](NC(=O)[C@@H]3NC(=O)C4(C[C@H]4C(N)=O)NC(=O)[C@H](NC(=O)[C@@H](CC(C)C)NC)[C@H](O)c4ccc(c(Cl)c4)Oc4cc3cc(c4O[C@@H]3O[C@H](CO)[C@@H](O)[C@H](O)[C@H]3O[C@H]3C[C@](C)(NCc4cccc(NC(=O)Cc5ccc(OC(F)(F)F)cc5)c4)[C@H](O)[C@H](C)O3)Oc3ccc(cc3Cl)[C@H]2O)c2ccc(O)c(c2)-c2c(O)cc(O)cc21. The van der Waals surface area contributed by atoms with Crippen LogP contribution in [0.5, 0.6) is 51.7 Å².